The number of aliphatic carboxylic acids is 1. The number of carbonyl (C=O) groups is 3. The van der Waals surface area contributed by atoms with Crippen LogP contribution in [0.3, 0.4) is 0 Å². The molecule has 2 N–H and O–H groups in total. The Labute approximate surface area is 170 Å². The van der Waals surface area contributed by atoms with Crippen molar-refractivity contribution in [3.63, 3.8) is 0 Å². The maximum atomic E-state index is 13.7. The second kappa shape index (κ2) is 7.37. The van der Waals surface area contributed by atoms with Crippen LogP contribution in [0.4, 0.5) is 0 Å². The first-order chi connectivity index (χ1) is 13.1. The van der Waals surface area contributed by atoms with Crippen molar-refractivity contribution in [2.45, 2.75) is 61.6 Å². The summed E-state index contributed by atoms with van der Waals surface area (Å²) < 4.78 is -1.25. The Morgan fingerprint density at radius 1 is 1.43 bits per heavy atom. The van der Waals surface area contributed by atoms with Gasteiger partial charge in [0.05, 0.1) is 16.6 Å². The molecule has 0 aromatic rings. The molecule has 7 nitrogen and oxygen atoms in total. The zero-order valence-corrected chi connectivity index (χ0v) is 17.6. The fraction of sp³-hybridized carbons (Fsp3) is 0.750. The number of amides is 2. The van der Waals surface area contributed by atoms with Crippen LogP contribution in [0.25, 0.3) is 0 Å². The summed E-state index contributed by atoms with van der Waals surface area (Å²) in [7, 11) is 0. The van der Waals surface area contributed by atoms with Gasteiger partial charge in [-0.3, -0.25) is 14.4 Å². The van der Waals surface area contributed by atoms with Gasteiger partial charge in [-0.1, -0.05) is 6.08 Å². The summed E-state index contributed by atoms with van der Waals surface area (Å²) in [5, 5.41) is 19.2. The van der Waals surface area contributed by atoms with Crippen LogP contribution in [-0.2, 0) is 14.4 Å². The minimum absolute atomic E-state index is 0.0646. The first-order valence-electron chi connectivity index (χ1n) is 9.90. The van der Waals surface area contributed by atoms with Crippen molar-refractivity contribution >= 4 is 29.5 Å². The van der Waals surface area contributed by atoms with Crippen molar-refractivity contribution in [3.8, 4) is 0 Å². The quantitative estimate of drug-likeness (QED) is 0.587. The highest BCUT2D eigenvalue weighted by atomic mass is 32.2. The third-order valence-corrected chi connectivity index (χ3v) is 8.55. The van der Waals surface area contributed by atoms with E-state index in [1.54, 1.807) is 15.9 Å². The van der Waals surface area contributed by atoms with Crippen molar-refractivity contribution in [1.29, 1.82) is 0 Å². The van der Waals surface area contributed by atoms with Crippen molar-refractivity contribution in [2.24, 2.45) is 11.8 Å². The van der Waals surface area contributed by atoms with Gasteiger partial charge in [0.1, 0.15) is 6.04 Å². The minimum Gasteiger partial charge on any atom is -0.481 e. The smallest absolute Gasteiger partial charge is 0.308 e. The van der Waals surface area contributed by atoms with Gasteiger partial charge in [-0.25, -0.2) is 0 Å². The molecule has 0 radical (unpaired) electrons. The Morgan fingerprint density at radius 2 is 2.11 bits per heavy atom. The summed E-state index contributed by atoms with van der Waals surface area (Å²) >= 11 is 1.53. The molecule has 2 unspecified atom stereocenters. The van der Waals surface area contributed by atoms with E-state index in [2.05, 4.69) is 6.58 Å². The first-order valence-corrected chi connectivity index (χ1v) is 10.7. The van der Waals surface area contributed by atoms with Gasteiger partial charge in [0.2, 0.25) is 11.8 Å². The highest BCUT2D eigenvalue weighted by Crippen LogP contribution is 2.71. The maximum absolute atomic E-state index is 13.7. The molecule has 5 atom stereocenters. The van der Waals surface area contributed by atoms with Crippen LogP contribution in [0.1, 0.15) is 40.0 Å². The molecule has 2 bridgehead atoms. The van der Waals surface area contributed by atoms with Gasteiger partial charge < -0.3 is 20.0 Å². The molecule has 2 amide bonds. The number of carbonyl (C=O) groups excluding carboxylic acids is 2. The molecule has 156 valence electrons. The number of hydrogen-bond donors (Lipinski definition) is 2. The Bertz CT molecular complexity index is 698. The Morgan fingerprint density at radius 3 is 2.64 bits per heavy atom. The number of carboxylic acid groups (broad SMARTS) is 1. The summed E-state index contributed by atoms with van der Waals surface area (Å²) in [6.45, 7) is 10.1. The number of hydrogen-bond acceptors (Lipinski definition) is 5. The van der Waals surface area contributed by atoms with Crippen LogP contribution in [0, 0.1) is 11.8 Å². The van der Waals surface area contributed by atoms with Crippen LogP contribution in [-0.4, -0.2) is 79.1 Å². The van der Waals surface area contributed by atoms with E-state index < -0.39 is 33.3 Å². The highest BCUT2D eigenvalue weighted by Gasteiger charge is 2.77. The van der Waals surface area contributed by atoms with E-state index in [9.17, 15) is 24.6 Å². The average molecular weight is 411 g/mol. The second-order valence-electron chi connectivity index (χ2n) is 8.55. The monoisotopic (exact) mass is 410 g/mol. The van der Waals surface area contributed by atoms with E-state index in [1.165, 1.54) is 11.8 Å². The highest BCUT2D eigenvalue weighted by molar-refractivity contribution is 8.02. The van der Waals surface area contributed by atoms with Gasteiger partial charge in [0.25, 0.3) is 0 Å². The molecule has 0 aliphatic carbocycles. The zero-order valence-electron chi connectivity index (χ0n) is 16.8. The third kappa shape index (κ3) is 2.87. The van der Waals surface area contributed by atoms with Gasteiger partial charge in [-0.05, 0) is 40.0 Å². The van der Waals surface area contributed by atoms with Gasteiger partial charge in [0, 0.05) is 30.5 Å². The number of rotatable bonds is 8. The number of thioether (sulfide) groups is 1. The van der Waals surface area contributed by atoms with Crippen molar-refractivity contribution in [1.82, 2.24) is 9.80 Å². The lowest BCUT2D eigenvalue weighted by Crippen LogP contribution is -2.56. The first kappa shape index (κ1) is 21.2. The van der Waals surface area contributed by atoms with Gasteiger partial charge >= 0.3 is 5.97 Å². The Hall–Kier alpha value is -1.54. The van der Waals surface area contributed by atoms with E-state index in [-0.39, 0.29) is 31.0 Å². The molecule has 3 rings (SSSR count). The molecule has 0 aromatic carbocycles. The molecule has 8 heteroatoms. The predicted molar refractivity (Wildman–Crippen MR) is 107 cm³/mol. The summed E-state index contributed by atoms with van der Waals surface area (Å²) in [5.41, 5.74) is 0. The second-order valence-corrected chi connectivity index (χ2v) is 10.4. The predicted octanol–water partition coefficient (Wildman–Crippen LogP) is 1.36. The molecule has 3 saturated heterocycles. The number of likely N-dealkylation sites (tertiary alicyclic amines) is 1. The van der Waals surface area contributed by atoms with E-state index in [1.807, 2.05) is 20.8 Å². The standard InChI is InChI=1S/C20H30N2O5S/c1-5-9-21(12(2)3)17(25)15-20-8-7-19(4,28-20)14(18(26)27)13(20)16(24)22(15)10-6-11-23/h5,12-15,23H,1,6-11H2,2-4H3,(H,26,27)/t13-,14+,15?,19-,20?/m0/s1. The van der Waals surface area contributed by atoms with Crippen LogP contribution < -0.4 is 0 Å². The number of aliphatic hydroxyl groups is 1. The normalized spacial score (nSPS) is 36.1. The molecule has 0 aromatic heterocycles. The molecular formula is C20H30N2O5S. The molecular weight excluding hydrogens is 380 g/mol. The summed E-state index contributed by atoms with van der Waals surface area (Å²) in [4.78, 5) is 42.4. The summed E-state index contributed by atoms with van der Waals surface area (Å²) in [5.74, 6) is -2.85. The summed E-state index contributed by atoms with van der Waals surface area (Å²) in [6, 6.07) is -0.764. The fourth-order valence-corrected chi connectivity index (χ4v) is 7.76. The topological polar surface area (TPSA) is 98.2 Å². The van der Waals surface area contributed by atoms with Crippen molar-refractivity contribution in [3.05, 3.63) is 12.7 Å². The zero-order chi connectivity index (χ0) is 20.9. The van der Waals surface area contributed by atoms with Crippen LogP contribution in [0.5, 0.6) is 0 Å². The van der Waals surface area contributed by atoms with E-state index >= 15 is 0 Å². The van der Waals surface area contributed by atoms with E-state index in [0.717, 1.165) is 0 Å². The number of carboxylic acids is 1. The Kier molecular flexibility index (Phi) is 5.57. The van der Waals surface area contributed by atoms with Crippen LogP contribution >= 0.6 is 11.8 Å². The largest absolute Gasteiger partial charge is 0.481 e. The van der Waals surface area contributed by atoms with E-state index in [0.29, 0.717) is 25.8 Å². The van der Waals surface area contributed by atoms with Gasteiger partial charge in [-0.15, -0.1) is 18.3 Å². The SMILES string of the molecule is C=CCN(C(=O)C1N(CCCO)C(=O)[C@@H]2[C@H](C(=O)O)[C@]3(C)CCC12S3)C(C)C. The molecule has 3 fully saturated rings. The average Bonchev–Trinajstić information content (AvgIpc) is 3.18. The molecule has 1 spiro atoms. The minimum atomic E-state index is -0.961. The maximum Gasteiger partial charge on any atom is 0.308 e. The molecule has 3 heterocycles. The lowest BCUT2D eigenvalue weighted by Gasteiger charge is -2.38. The van der Waals surface area contributed by atoms with Crippen molar-refractivity contribution in [2.75, 3.05) is 19.7 Å². The van der Waals surface area contributed by atoms with Gasteiger partial charge in [0.15, 0.2) is 0 Å². The third-order valence-electron chi connectivity index (χ3n) is 6.57. The molecule has 3 aliphatic rings. The fourth-order valence-electron chi connectivity index (χ4n) is 5.41. The van der Waals surface area contributed by atoms with Gasteiger partial charge in [-0.2, -0.15) is 0 Å². The molecule has 28 heavy (non-hydrogen) atoms. The lowest BCUT2D eigenvalue weighted by molar-refractivity contribution is -0.150. The number of fused-ring (bicyclic) bond motifs is 1. The van der Waals surface area contributed by atoms with Crippen molar-refractivity contribution < 1.29 is 24.6 Å². The molecule has 0 saturated carbocycles. The van der Waals surface area contributed by atoms with Crippen LogP contribution in [0.15, 0.2) is 12.7 Å². The Balaban J connectivity index is 2.07. The molecule has 3 aliphatic heterocycles. The number of nitrogens with zero attached hydrogens (tertiary/aromatic N) is 2. The van der Waals surface area contributed by atoms with E-state index in [4.69, 9.17) is 0 Å². The summed E-state index contributed by atoms with van der Waals surface area (Å²) in [6.07, 6.45) is 3.36. The van der Waals surface area contributed by atoms with Crippen LogP contribution in [0.2, 0.25) is 0 Å². The lowest BCUT2D eigenvalue weighted by atomic mass is 9.66. The number of aliphatic hydroxyl groups excluding tert-OH is 1.